The van der Waals surface area contributed by atoms with E-state index in [2.05, 4.69) is 62.5 Å². The van der Waals surface area contributed by atoms with Crippen molar-refractivity contribution in [3.8, 4) is 0 Å². The van der Waals surface area contributed by atoms with Gasteiger partial charge >= 0.3 is 11.9 Å². The van der Waals surface area contributed by atoms with Crippen molar-refractivity contribution >= 4 is 19.8 Å². The minimum atomic E-state index is -4.64. The van der Waals surface area contributed by atoms with Crippen molar-refractivity contribution in [2.24, 2.45) is 0 Å². The molecule has 78 heavy (non-hydrogen) atoms. The number of allylic oxidation sites excluding steroid dienone is 8. The second-order valence-corrected chi connectivity index (χ2v) is 25.2. The molecule has 0 saturated heterocycles. The topological polar surface area (TPSA) is 111 Å². The number of quaternary nitrogens is 1. The van der Waals surface area contributed by atoms with Crippen molar-refractivity contribution in [3.63, 3.8) is 0 Å². The highest BCUT2D eigenvalue weighted by atomic mass is 31.2. The van der Waals surface area contributed by atoms with Crippen LogP contribution in [-0.4, -0.2) is 70.0 Å². The summed E-state index contributed by atoms with van der Waals surface area (Å²) in [5.41, 5.74) is 0. The fourth-order valence-corrected chi connectivity index (χ4v) is 10.4. The van der Waals surface area contributed by atoms with E-state index in [-0.39, 0.29) is 32.0 Å². The first-order valence-corrected chi connectivity index (χ1v) is 34.8. The van der Waals surface area contributed by atoms with Gasteiger partial charge in [0, 0.05) is 12.8 Å². The van der Waals surface area contributed by atoms with E-state index in [9.17, 15) is 19.0 Å². The summed E-state index contributed by atoms with van der Waals surface area (Å²) in [5, 5.41) is 0. The minimum Gasteiger partial charge on any atom is -0.756 e. The number of hydrogen-bond acceptors (Lipinski definition) is 8. The SMILES string of the molecule is CCCCCCC/C=C\C/C=C\CCCCCCCCCCCCCCCCCCCCCCCC(=O)OC(COC(=O)CCCCCCCCCCC/C=C\C/C=C\CCCCCCC)COP(=O)([O-])OCC[N+](C)(C)C. The highest BCUT2D eigenvalue weighted by Crippen LogP contribution is 2.38. The van der Waals surface area contributed by atoms with E-state index < -0.39 is 26.5 Å². The Morgan fingerprint density at radius 1 is 0.397 bits per heavy atom. The maximum Gasteiger partial charge on any atom is 0.306 e. The molecule has 0 aliphatic rings. The van der Waals surface area contributed by atoms with Gasteiger partial charge in [-0.15, -0.1) is 0 Å². The van der Waals surface area contributed by atoms with E-state index >= 15 is 0 Å². The molecule has 458 valence electrons. The number of phosphoric ester groups is 1. The van der Waals surface area contributed by atoms with Gasteiger partial charge in [0.2, 0.25) is 0 Å². The first kappa shape index (κ1) is 76.0. The number of carbonyl (C=O) groups is 2. The summed E-state index contributed by atoms with van der Waals surface area (Å²) in [4.78, 5) is 38.0. The van der Waals surface area contributed by atoms with Crippen molar-refractivity contribution in [3.05, 3.63) is 48.6 Å². The summed E-state index contributed by atoms with van der Waals surface area (Å²) in [6.45, 7) is 4.26. The number of likely N-dealkylation sites (N-methyl/N-ethyl adjacent to an activating group) is 1. The lowest BCUT2D eigenvalue weighted by Crippen LogP contribution is -2.37. The maximum atomic E-state index is 12.8. The van der Waals surface area contributed by atoms with E-state index in [1.54, 1.807) is 0 Å². The van der Waals surface area contributed by atoms with Crippen LogP contribution >= 0.6 is 7.82 Å². The van der Waals surface area contributed by atoms with Crippen LogP contribution in [0.1, 0.15) is 322 Å². The number of rotatable bonds is 62. The monoisotopic (exact) mass is 1120 g/mol. The zero-order valence-corrected chi connectivity index (χ0v) is 53.0. The predicted molar refractivity (Wildman–Crippen MR) is 333 cm³/mol. The fraction of sp³-hybridized carbons (Fsp3) is 0.853. The van der Waals surface area contributed by atoms with Crippen LogP contribution in [0, 0.1) is 0 Å². The van der Waals surface area contributed by atoms with Gasteiger partial charge in [-0.05, 0) is 77.0 Å². The van der Waals surface area contributed by atoms with Crippen LogP contribution in [-0.2, 0) is 32.7 Å². The molecule has 0 aliphatic heterocycles. The van der Waals surface area contributed by atoms with Crippen molar-refractivity contribution < 1.29 is 42.1 Å². The quantitative estimate of drug-likeness (QED) is 0.0195. The highest BCUT2D eigenvalue weighted by Gasteiger charge is 2.22. The van der Waals surface area contributed by atoms with E-state index in [1.807, 2.05) is 21.1 Å². The third-order valence-corrected chi connectivity index (χ3v) is 15.8. The Balaban J connectivity index is 4.02. The van der Waals surface area contributed by atoms with Crippen LogP contribution in [0.3, 0.4) is 0 Å². The summed E-state index contributed by atoms with van der Waals surface area (Å²) in [5.74, 6) is -0.823. The molecule has 9 nitrogen and oxygen atoms in total. The zero-order chi connectivity index (χ0) is 57.0. The molecule has 2 atom stereocenters. The molecule has 0 aromatic heterocycles. The third-order valence-electron chi connectivity index (χ3n) is 14.8. The first-order valence-electron chi connectivity index (χ1n) is 33.3. The molecule has 0 aromatic rings. The molecular formula is C68H128NO8P. The Morgan fingerprint density at radius 2 is 0.692 bits per heavy atom. The van der Waals surface area contributed by atoms with Gasteiger partial charge in [0.05, 0.1) is 27.7 Å². The molecule has 0 N–H and O–H groups in total. The van der Waals surface area contributed by atoms with Gasteiger partial charge in [-0.25, -0.2) is 0 Å². The summed E-state index contributed by atoms with van der Waals surface area (Å²) < 4.78 is 34.3. The van der Waals surface area contributed by atoms with E-state index in [4.69, 9.17) is 18.5 Å². The summed E-state index contributed by atoms with van der Waals surface area (Å²) in [6.07, 6.45) is 76.1. The van der Waals surface area contributed by atoms with Gasteiger partial charge in [0.1, 0.15) is 19.8 Å². The molecule has 0 bridgehead atoms. The highest BCUT2D eigenvalue weighted by molar-refractivity contribution is 7.45. The van der Waals surface area contributed by atoms with Crippen molar-refractivity contribution in [1.82, 2.24) is 0 Å². The van der Waals surface area contributed by atoms with E-state index in [0.717, 1.165) is 44.9 Å². The Bertz CT molecular complexity index is 1460. The molecule has 0 fully saturated rings. The lowest BCUT2D eigenvalue weighted by Gasteiger charge is -2.28. The Hall–Kier alpha value is -2.03. The lowest BCUT2D eigenvalue weighted by atomic mass is 10.0. The minimum absolute atomic E-state index is 0.0304. The number of phosphoric acid groups is 1. The Labute approximate surface area is 484 Å². The van der Waals surface area contributed by atoms with Gasteiger partial charge in [-0.1, -0.05) is 281 Å². The molecule has 10 heteroatoms. The van der Waals surface area contributed by atoms with Crippen molar-refractivity contribution in [2.75, 3.05) is 47.5 Å². The predicted octanol–water partition coefficient (Wildman–Crippen LogP) is 20.6. The largest absolute Gasteiger partial charge is 0.756 e. The lowest BCUT2D eigenvalue weighted by molar-refractivity contribution is -0.870. The van der Waals surface area contributed by atoms with Crippen LogP contribution in [0.2, 0.25) is 0 Å². The van der Waals surface area contributed by atoms with Gasteiger partial charge in [-0.3, -0.25) is 14.2 Å². The molecule has 0 amide bonds. The average molecular weight is 1120 g/mol. The molecule has 0 heterocycles. The van der Waals surface area contributed by atoms with E-state index in [0.29, 0.717) is 17.4 Å². The summed E-state index contributed by atoms with van der Waals surface area (Å²) in [7, 11) is 1.18. The normalized spacial score (nSPS) is 13.5. The van der Waals surface area contributed by atoms with Crippen molar-refractivity contribution in [1.29, 1.82) is 0 Å². The van der Waals surface area contributed by atoms with Crippen LogP contribution in [0.15, 0.2) is 48.6 Å². The Kier molecular flexibility index (Phi) is 58.0. The standard InChI is InChI=1S/C68H128NO8P/c1-6-8-10-12-14-16-18-20-22-24-26-28-29-30-31-32-33-34-35-36-37-38-39-41-43-45-47-49-51-53-55-57-59-61-68(71)77-66(65-76-78(72,73)75-63-62-69(3,4)5)64-74-67(70)60-58-56-54-52-50-48-46-44-42-40-27-25-23-21-19-17-15-13-11-9-7-2/h18-21,24-27,66H,6-17,22-23,28-65H2,1-5H3/b20-18-,21-19-,26-24-,27-25-. The molecule has 0 aromatic carbocycles. The number of ether oxygens (including phenoxy) is 2. The maximum absolute atomic E-state index is 12.8. The van der Waals surface area contributed by atoms with Gasteiger partial charge in [0.25, 0.3) is 7.82 Å². The number of carbonyl (C=O) groups excluding carboxylic acids is 2. The van der Waals surface area contributed by atoms with Crippen LogP contribution in [0.5, 0.6) is 0 Å². The van der Waals surface area contributed by atoms with Crippen LogP contribution in [0.4, 0.5) is 0 Å². The van der Waals surface area contributed by atoms with Crippen LogP contribution in [0.25, 0.3) is 0 Å². The molecule has 0 aliphatic carbocycles. The van der Waals surface area contributed by atoms with E-state index in [1.165, 1.54) is 244 Å². The second kappa shape index (κ2) is 59.6. The molecule has 0 saturated carbocycles. The van der Waals surface area contributed by atoms with Crippen molar-refractivity contribution in [2.45, 2.75) is 328 Å². The second-order valence-electron chi connectivity index (χ2n) is 23.8. The van der Waals surface area contributed by atoms with Gasteiger partial charge in [0.15, 0.2) is 6.10 Å². The molecular weight excluding hydrogens is 990 g/mol. The first-order chi connectivity index (χ1) is 38.0. The number of hydrogen-bond donors (Lipinski definition) is 0. The van der Waals surface area contributed by atoms with Crippen LogP contribution < -0.4 is 4.89 Å². The Morgan fingerprint density at radius 3 is 1.01 bits per heavy atom. The molecule has 2 unspecified atom stereocenters. The fourth-order valence-electron chi connectivity index (χ4n) is 9.66. The number of unbranched alkanes of at least 4 members (excludes halogenated alkanes) is 40. The summed E-state index contributed by atoms with van der Waals surface area (Å²) >= 11 is 0. The molecule has 0 rings (SSSR count). The zero-order valence-electron chi connectivity index (χ0n) is 52.1. The van der Waals surface area contributed by atoms with Gasteiger partial charge < -0.3 is 27.9 Å². The molecule has 0 radical (unpaired) electrons. The number of nitrogens with zero attached hydrogens (tertiary/aromatic N) is 1. The molecule has 0 spiro atoms. The average Bonchev–Trinajstić information content (AvgIpc) is 3.41. The summed E-state index contributed by atoms with van der Waals surface area (Å²) in [6, 6.07) is 0. The third kappa shape index (κ3) is 63.2. The number of esters is 2. The van der Waals surface area contributed by atoms with Gasteiger partial charge in [-0.2, -0.15) is 0 Å². The smallest absolute Gasteiger partial charge is 0.306 e.